The lowest BCUT2D eigenvalue weighted by Gasteiger charge is -2.08. The van der Waals surface area contributed by atoms with Crippen LogP contribution in [0.1, 0.15) is 25.6 Å². The van der Waals surface area contributed by atoms with Crippen LogP contribution < -0.4 is 0 Å². The van der Waals surface area contributed by atoms with Gasteiger partial charge in [-0.1, -0.05) is 65.7 Å². The number of allylic oxidation sites excluding steroid dienone is 1. The Morgan fingerprint density at radius 1 is 0.818 bits per heavy atom. The van der Waals surface area contributed by atoms with Crippen LogP contribution in [0.3, 0.4) is 0 Å². The highest BCUT2D eigenvalue weighted by Crippen LogP contribution is 2.38. The Bertz CT molecular complexity index is 1640. The molecule has 0 saturated heterocycles. The van der Waals surface area contributed by atoms with Gasteiger partial charge in [0.2, 0.25) is 0 Å². The minimum absolute atomic E-state index is 0.143. The van der Waals surface area contributed by atoms with Gasteiger partial charge in [-0.25, -0.2) is 0 Å². The zero-order valence-corrected chi connectivity index (χ0v) is 19.7. The summed E-state index contributed by atoms with van der Waals surface area (Å²) in [4.78, 5) is 26.6. The number of thiophene rings is 1. The van der Waals surface area contributed by atoms with E-state index in [1.807, 2.05) is 19.2 Å². The molecule has 0 aliphatic heterocycles. The van der Waals surface area contributed by atoms with Gasteiger partial charge in [0.1, 0.15) is 0 Å². The number of rotatable bonds is 2. The first-order chi connectivity index (χ1) is 15.9. The first-order valence-corrected chi connectivity index (χ1v) is 11.9. The molecule has 6 heteroatoms. The Hall–Kier alpha value is -3.18. The van der Waals surface area contributed by atoms with Crippen molar-refractivity contribution < 1.29 is 9.59 Å². The number of carbonyl (C=O) groups excluding carboxylic acids is 2. The fraction of sp³-hybridized carbons (Fsp3) is 0.0370. The molecule has 33 heavy (non-hydrogen) atoms. The molecule has 0 atom stereocenters. The zero-order valence-electron chi connectivity index (χ0n) is 17.4. The summed E-state index contributed by atoms with van der Waals surface area (Å²) in [5.74, 6) is -0.634. The number of halogens is 2. The lowest BCUT2D eigenvalue weighted by atomic mass is 10.0. The third-order valence-corrected chi connectivity index (χ3v) is 7.88. The molecule has 0 N–H and O–H groups in total. The van der Waals surface area contributed by atoms with Crippen LogP contribution in [0.15, 0.2) is 72.3 Å². The number of ketones is 2. The van der Waals surface area contributed by atoms with E-state index in [0.29, 0.717) is 11.1 Å². The summed E-state index contributed by atoms with van der Waals surface area (Å²) in [5, 5.41) is 2.93. The Morgan fingerprint density at radius 2 is 1.48 bits per heavy atom. The number of fused-ring (bicyclic) bond motifs is 3. The van der Waals surface area contributed by atoms with Crippen LogP contribution >= 0.6 is 34.5 Å². The van der Waals surface area contributed by atoms with Gasteiger partial charge in [0.15, 0.2) is 11.6 Å². The Balaban J connectivity index is 1.43. The summed E-state index contributed by atoms with van der Waals surface area (Å²) in [5.41, 5.74) is 4.10. The molecule has 2 heterocycles. The second kappa shape index (κ2) is 7.42. The van der Waals surface area contributed by atoms with Gasteiger partial charge in [0, 0.05) is 28.6 Å². The van der Waals surface area contributed by atoms with E-state index in [2.05, 4.69) is 47.0 Å². The molecule has 2 aromatic heterocycles. The molecule has 160 valence electrons. The summed E-state index contributed by atoms with van der Waals surface area (Å²) in [6, 6.07) is 21.8. The number of nitrogens with zero attached hydrogens (tertiary/aromatic N) is 1. The summed E-state index contributed by atoms with van der Waals surface area (Å²) < 4.78 is 3.25. The van der Waals surface area contributed by atoms with Crippen molar-refractivity contribution in [1.29, 1.82) is 0 Å². The SMILES string of the molecule is Cn1c(-c2cccc3ccccc23)cc2sc(C=C3C(=O)c4cc(Cl)c(Cl)cc4C3=O)cc21. The molecule has 3 aromatic carbocycles. The molecule has 0 radical (unpaired) electrons. The number of benzene rings is 3. The van der Waals surface area contributed by atoms with E-state index < -0.39 is 0 Å². The van der Waals surface area contributed by atoms with Crippen LogP contribution in [0.5, 0.6) is 0 Å². The van der Waals surface area contributed by atoms with Gasteiger partial charge in [-0.05, 0) is 41.1 Å². The van der Waals surface area contributed by atoms with Gasteiger partial charge < -0.3 is 4.57 Å². The van der Waals surface area contributed by atoms with E-state index in [9.17, 15) is 9.59 Å². The van der Waals surface area contributed by atoms with Crippen molar-refractivity contribution in [2.45, 2.75) is 0 Å². The highest BCUT2D eigenvalue weighted by molar-refractivity contribution is 7.19. The molecule has 3 nitrogen and oxygen atoms in total. The summed E-state index contributed by atoms with van der Waals surface area (Å²) in [6.07, 6.45) is 1.68. The van der Waals surface area contributed by atoms with Gasteiger partial charge in [0.25, 0.3) is 0 Å². The summed E-state index contributed by atoms with van der Waals surface area (Å²) >= 11 is 13.7. The van der Waals surface area contributed by atoms with Gasteiger partial charge in [0.05, 0.1) is 31.5 Å². The lowest BCUT2D eigenvalue weighted by molar-refractivity contribution is 0.0990. The second-order valence-corrected chi connectivity index (χ2v) is 9.97. The molecule has 0 fully saturated rings. The molecule has 1 aliphatic carbocycles. The van der Waals surface area contributed by atoms with Gasteiger partial charge in [-0.2, -0.15) is 0 Å². The minimum Gasteiger partial charge on any atom is -0.343 e. The Kier molecular flexibility index (Phi) is 4.59. The van der Waals surface area contributed by atoms with E-state index in [4.69, 9.17) is 23.2 Å². The first kappa shape index (κ1) is 20.4. The van der Waals surface area contributed by atoms with Crippen molar-refractivity contribution in [1.82, 2.24) is 4.57 Å². The first-order valence-electron chi connectivity index (χ1n) is 10.3. The van der Waals surface area contributed by atoms with Gasteiger partial charge in [-0.3, -0.25) is 9.59 Å². The van der Waals surface area contributed by atoms with Crippen molar-refractivity contribution in [3.63, 3.8) is 0 Å². The molecule has 1 aliphatic rings. The largest absolute Gasteiger partial charge is 0.343 e. The number of aromatic nitrogens is 1. The molecule has 0 unspecified atom stereocenters. The predicted molar refractivity (Wildman–Crippen MR) is 137 cm³/mol. The predicted octanol–water partition coefficient (Wildman–Crippen LogP) is 7.83. The number of hydrogen-bond acceptors (Lipinski definition) is 3. The molecule has 6 rings (SSSR count). The quantitative estimate of drug-likeness (QED) is 0.188. The smallest absolute Gasteiger partial charge is 0.197 e. The maximum atomic E-state index is 12.9. The molecule has 0 bridgehead atoms. The van der Waals surface area contributed by atoms with Gasteiger partial charge in [-0.15, -0.1) is 11.3 Å². The van der Waals surface area contributed by atoms with E-state index >= 15 is 0 Å². The maximum absolute atomic E-state index is 12.9. The molecule has 0 saturated carbocycles. The monoisotopic (exact) mass is 487 g/mol. The average molecular weight is 488 g/mol. The number of carbonyl (C=O) groups is 2. The van der Waals surface area contributed by atoms with Crippen LogP contribution in [-0.4, -0.2) is 16.1 Å². The van der Waals surface area contributed by atoms with Crippen molar-refractivity contribution in [2.24, 2.45) is 7.05 Å². The fourth-order valence-electron chi connectivity index (χ4n) is 4.50. The average Bonchev–Trinajstić information content (AvgIpc) is 3.42. The van der Waals surface area contributed by atoms with E-state index in [1.165, 1.54) is 28.5 Å². The second-order valence-electron chi connectivity index (χ2n) is 8.04. The molecular formula is C27H15Cl2NO2S. The van der Waals surface area contributed by atoms with Crippen molar-refractivity contribution >= 4 is 73.2 Å². The maximum Gasteiger partial charge on any atom is 0.197 e. The molecular weight excluding hydrogens is 473 g/mol. The number of Topliss-reactive ketones (excluding diaryl/α,β-unsaturated/α-hetero) is 2. The van der Waals surface area contributed by atoms with Crippen LogP contribution in [0.2, 0.25) is 10.0 Å². The van der Waals surface area contributed by atoms with Crippen LogP contribution in [-0.2, 0) is 7.05 Å². The fourth-order valence-corrected chi connectivity index (χ4v) is 5.90. The summed E-state index contributed by atoms with van der Waals surface area (Å²) in [6.45, 7) is 0. The Morgan fingerprint density at radius 3 is 2.18 bits per heavy atom. The third-order valence-electron chi connectivity index (χ3n) is 6.14. The zero-order chi connectivity index (χ0) is 22.9. The molecule has 0 spiro atoms. The Labute approximate surface area is 203 Å². The van der Waals surface area contributed by atoms with Crippen molar-refractivity contribution in [2.75, 3.05) is 0 Å². The summed E-state index contributed by atoms with van der Waals surface area (Å²) in [7, 11) is 2.04. The topological polar surface area (TPSA) is 39.1 Å². The van der Waals surface area contributed by atoms with Gasteiger partial charge >= 0.3 is 0 Å². The van der Waals surface area contributed by atoms with Crippen LogP contribution in [0.4, 0.5) is 0 Å². The van der Waals surface area contributed by atoms with Crippen LogP contribution in [0.25, 0.3) is 38.3 Å². The minimum atomic E-state index is -0.317. The number of hydrogen-bond donors (Lipinski definition) is 0. The van der Waals surface area contributed by atoms with Crippen LogP contribution in [0, 0.1) is 0 Å². The highest BCUT2D eigenvalue weighted by Gasteiger charge is 2.34. The standard InChI is InChI=1S/C27H15Cl2NO2S/c1-30-23(17-8-4-6-14-5-2-3-7-16(14)17)13-25-24(30)10-15(33-25)9-20-26(31)18-11-21(28)22(29)12-19(18)27(20)32/h2-13H,1H3. The number of aryl methyl sites for hydroxylation is 1. The van der Waals surface area contributed by atoms with Crippen molar-refractivity contribution in [3.05, 3.63) is 98.4 Å². The normalized spacial score (nSPS) is 13.4. The molecule has 0 amide bonds. The lowest BCUT2D eigenvalue weighted by Crippen LogP contribution is -1.99. The molecule has 5 aromatic rings. The van der Waals surface area contributed by atoms with Crippen molar-refractivity contribution in [3.8, 4) is 11.3 Å². The highest BCUT2D eigenvalue weighted by atomic mass is 35.5. The van der Waals surface area contributed by atoms with E-state index in [-0.39, 0.29) is 27.2 Å². The van der Waals surface area contributed by atoms with E-state index in [1.54, 1.807) is 17.4 Å². The van der Waals surface area contributed by atoms with E-state index in [0.717, 1.165) is 20.8 Å². The third kappa shape index (κ3) is 3.10.